The molecule has 148 valence electrons. The Kier molecular flexibility index (Phi) is 5.46. The van der Waals surface area contributed by atoms with Gasteiger partial charge in [0, 0.05) is 19.7 Å². The Bertz CT molecular complexity index is 704. The van der Waals surface area contributed by atoms with Crippen LogP contribution in [0.1, 0.15) is 30.1 Å². The molecule has 3 rings (SSSR count). The number of aliphatic carboxylic acids is 1. The van der Waals surface area contributed by atoms with Crippen LogP contribution in [0.4, 0.5) is 13.2 Å². The van der Waals surface area contributed by atoms with E-state index >= 15 is 0 Å². The van der Waals surface area contributed by atoms with Gasteiger partial charge >= 0.3 is 12.1 Å². The first-order chi connectivity index (χ1) is 12.7. The third kappa shape index (κ3) is 4.10. The molecule has 2 heterocycles. The van der Waals surface area contributed by atoms with Gasteiger partial charge in [-0.05, 0) is 25.3 Å². The molecule has 4 atom stereocenters. The number of benzene rings is 1. The van der Waals surface area contributed by atoms with Crippen molar-refractivity contribution in [2.45, 2.75) is 32.0 Å². The number of carboxylic acids is 1. The summed E-state index contributed by atoms with van der Waals surface area (Å²) < 4.78 is 45.4. The van der Waals surface area contributed by atoms with E-state index in [-0.39, 0.29) is 0 Å². The monoisotopic (exact) mass is 385 g/mol. The van der Waals surface area contributed by atoms with Gasteiger partial charge in [0.05, 0.1) is 23.9 Å². The van der Waals surface area contributed by atoms with Gasteiger partial charge in [-0.1, -0.05) is 29.8 Å². The number of ether oxygens (including phenoxy) is 1. The van der Waals surface area contributed by atoms with Gasteiger partial charge in [0.25, 0.3) is 0 Å². The fourth-order valence-corrected chi connectivity index (χ4v) is 3.92. The van der Waals surface area contributed by atoms with Crippen LogP contribution in [0.3, 0.4) is 0 Å². The number of carboxylic acid groups (broad SMARTS) is 1. The number of amides is 1. The zero-order chi connectivity index (χ0) is 19.8. The van der Waals surface area contributed by atoms with Gasteiger partial charge in [-0.2, -0.15) is 13.2 Å². The van der Waals surface area contributed by atoms with Gasteiger partial charge in [-0.3, -0.25) is 9.59 Å². The first-order valence-corrected chi connectivity index (χ1v) is 8.95. The van der Waals surface area contributed by atoms with Crippen molar-refractivity contribution in [2.75, 3.05) is 19.7 Å². The minimum Gasteiger partial charge on any atom is -0.481 e. The van der Waals surface area contributed by atoms with E-state index in [0.717, 1.165) is 16.0 Å². The molecule has 2 unspecified atom stereocenters. The first kappa shape index (κ1) is 19.7. The lowest BCUT2D eigenvalue weighted by atomic mass is 9.88. The molecule has 5 nitrogen and oxygen atoms in total. The first-order valence-electron chi connectivity index (χ1n) is 8.95. The molecule has 2 saturated heterocycles. The molecule has 0 spiro atoms. The molecule has 0 saturated carbocycles. The molecule has 1 N–H and O–H groups in total. The molecule has 0 bridgehead atoms. The molecule has 0 aliphatic carbocycles. The molecule has 1 aromatic carbocycles. The summed E-state index contributed by atoms with van der Waals surface area (Å²) in [5.41, 5.74) is 1.86. The average molecular weight is 385 g/mol. The number of halogens is 3. The summed E-state index contributed by atoms with van der Waals surface area (Å²) >= 11 is 0. The molecule has 1 aromatic rings. The van der Waals surface area contributed by atoms with Crippen LogP contribution in [0.15, 0.2) is 24.3 Å². The predicted molar refractivity (Wildman–Crippen MR) is 89.8 cm³/mol. The van der Waals surface area contributed by atoms with Gasteiger partial charge in [0.15, 0.2) is 0 Å². The number of carbonyl (C=O) groups excluding carboxylic acids is 1. The van der Waals surface area contributed by atoms with E-state index in [4.69, 9.17) is 9.84 Å². The van der Waals surface area contributed by atoms with Crippen LogP contribution in [0.25, 0.3) is 0 Å². The van der Waals surface area contributed by atoms with E-state index < -0.39 is 55.0 Å². The third-order valence-electron chi connectivity index (χ3n) is 5.41. The van der Waals surface area contributed by atoms with E-state index in [9.17, 15) is 22.8 Å². The Hall–Kier alpha value is -2.09. The fraction of sp³-hybridized carbons (Fsp3) is 0.579. The van der Waals surface area contributed by atoms with Crippen LogP contribution in [-0.4, -0.2) is 47.8 Å². The topological polar surface area (TPSA) is 66.8 Å². The van der Waals surface area contributed by atoms with Crippen LogP contribution < -0.4 is 0 Å². The number of hydrogen-bond donors (Lipinski definition) is 1. The molecule has 8 heteroatoms. The normalized spacial score (nSPS) is 29.0. The zero-order valence-corrected chi connectivity index (χ0v) is 14.9. The molecule has 0 aromatic heterocycles. The van der Waals surface area contributed by atoms with Gasteiger partial charge in [0.2, 0.25) is 5.91 Å². The Balaban J connectivity index is 1.80. The van der Waals surface area contributed by atoms with Gasteiger partial charge in [-0.25, -0.2) is 0 Å². The number of alkyl halides is 3. The van der Waals surface area contributed by atoms with Crippen LogP contribution in [-0.2, 0) is 14.3 Å². The summed E-state index contributed by atoms with van der Waals surface area (Å²) in [6.45, 7) is 1.37. The third-order valence-corrected chi connectivity index (χ3v) is 5.41. The maximum Gasteiger partial charge on any atom is 0.394 e. The van der Waals surface area contributed by atoms with E-state index in [2.05, 4.69) is 0 Å². The van der Waals surface area contributed by atoms with Crippen LogP contribution in [0.5, 0.6) is 0 Å². The number of rotatable bonds is 3. The van der Waals surface area contributed by atoms with Crippen molar-refractivity contribution < 1.29 is 32.6 Å². The highest BCUT2D eigenvalue weighted by atomic mass is 19.4. The van der Waals surface area contributed by atoms with Crippen molar-refractivity contribution in [3.05, 3.63) is 35.4 Å². The van der Waals surface area contributed by atoms with Crippen molar-refractivity contribution in [2.24, 2.45) is 17.8 Å². The molecule has 2 fully saturated rings. The summed E-state index contributed by atoms with van der Waals surface area (Å²) in [5.74, 6) is -6.26. The lowest BCUT2D eigenvalue weighted by Gasteiger charge is -2.34. The van der Waals surface area contributed by atoms with Crippen LogP contribution in [0, 0.1) is 24.7 Å². The number of carbonyl (C=O) groups is 2. The maximum atomic E-state index is 13.2. The quantitative estimate of drug-likeness (QED) is 0.868. The van der Waals surface area contributed by atoms with Crippen molar-refractivity contribution in [3.63, 3.8) is 0 Å². The van der Waals surface area contributed by atoms with E-state index in [1.807, 2.05) is 31.2 Å². The van der Waals surface area contributed by atoms with Gasteiger partial charge in [0.1, 0.15) is 0 Å². The van der Waals surface area contributed by atoms with Crippen molar-refractivity contribution >= 4 is 11.9 Å². The lowest BCUT2D eigenvalue weighted by Crippen LogP contribution is -2.40. The van der Waals surface area contributed by atoms with Gasteiger partial charge in [-0.15, -0.1) is 0 Å². The van der Waals surface area contributed by atoms with Gasteiger partial charge < -0.3 is 14.7 Å². The molecular weight excluding hydrogens is 363 g/mol. The van der Waals surface area contributed by atoms with Crippen molar-refractivity contribution in [1.82, 2.24) is 4.90 Å². The van der Waals surface area contributed by atoms with E-state index in [0.29, 0.717) is 19.4 Å². The Morgan fingerprint density at radius 1 is 1.15 bits per heavy atom. The van der Waals surface area contributed by atoms with Crippen LogP contribution >= 0.6 is 0 Å². The summed E-state index contributed by atoms with van der Waals surface area (Å²) in [4.78, 5) is 25.3. The number of hydrogen-bond acceptors (Lipinski definition) is 3. The zero-order valence-electron chi connectivity index (χ0n) is 14.9. The molecule has 1 amide bonds. The largest absolute Gasteiger partial charge is 0.481 e. The highest BCUT2D eigenvalue weighted by Gasteiger charge is 2.54. The summed E-state index contributed by atoms with van der Waals surface area (Å²) in [6, 6.07) is 7.50. The molecular formula is C19H22F3NO4. The lowest BCUT2D eigenvalue weighted by molar-refractivity contribution is -0.188. The highest BCUT2D eigenvalue weighted by Crippen LogP contribution is 2.41. The fourth-order valence-electron chi connectivity index (χ4n) is 3.92. The van der Waals surface area contributed by atoms with Crippen LogP contribution in [0.2, 0.25) is 0 Å². The maximum absolute atomic E-state index is 13.2. The highest BCUT2D eigenvalue weighted by molar-refractivity contribution is 5.82. The molecule has 2 aliphatic heterocycles. The Morgan fingerprint density at radius 3 is 2.37 bits per heavy atom. The minimum absolute atomic E-state index is 0.421. The van der Waals surface area contributed by atoms with Crippen molar-refractivity contribution in [3.8, 4) is 0 Å². The number of likely N-dealkylation sites (tertiary alicyclic amines) is 1. The Labute approximate surface area is 155 Å². The molecule has 0 radical (unpaired) electrons. The minimum atomic E-state index is -4.66. The molecule has 2 aliphatic rings. The second-order valence-corrected chi connectivity index (χ2v) is 7.29. The number of nitrogens with zero attached hydrogens (tertiary/aromatic N) is 1. The second-order valence-electron chi connectivity index (χ2n) is 7.29. The summed E-state index contributed by atoms with van der Waals surface area (Å²) in [7, 11) is 0. The molecule has 27 heavy (non-hydrogen) atoms. The van der Waals surface area contributed by atoms with E-state index in [1.54, 1.807) is 0 Å². The predicted octanol–water partition coefficient (Wildman–Crippen LogP) is 3.18. The summed E-state index contributed by atoms with van der Waals surface area (Å²) in [5, 5.41) is 9.15. The smallest absolute Gasteiger partial charge is 0.394 e. The standard InChI is InChI=1S/C19H22F3NO4/c1-11-4-6-12(7-5-11)16-13(3-2-8-27-16)17(24)23-9-14(18(25)26)15(10-23)19(20,21)22/h4-7,13-16H,2-3,8-10H2,1H3,(H,25,26)/t13?,14-,15-,16?/m1/s1. The van der Waals surface area contributed by atoms with E-state index in [1.165, 1.54) is 0 Å². The SMILES string of the molecule is Cc1ccc(C2OCCCC2C(=O)N2C[C@@H](C(F)(F)F)[C@H](C(=O)O)C2)cc1. The second kappa shape index (κ2) is 7.50. The summed E-state index contributed by atoms with van der Waals surface area (Å²) in [6.07, 6.45) is -4.04. The average Bonchev–Trinajstić information content (AvgIpc) is 3.08. The Morgan fingerprint density at radius 2 is 1.81 bits per heavy atom. The number of aryl methyl sites for hydroxylation is 1. The van der Waals surface area contributed by atoms with Crippen molar-refractivity contribution in [1.29, 1.82) is 0 Å².